The predicted molar refractivity (Wildman–Crippen MR) is 115 cm³/mol. The number of imidazole rings is 1. The van der Waals surface area contributed by atoms with Crippen LogP contribution in [0.25, 0.3) is 0 Å². The zero-order valence-electron chi connectivity index (χ0n) is 18.1. The highest BCUT2D eigenvalue weighted by Gasteiger charge is 2.56. The summed E-state index contributed by atoms with van der Waals surface area (Å²) in [5.41, 5.74) is -2.17. The topological polar surface area (TPSA) is 133 Å². The van der Waals surface area contributed by atoms with Gasteiger partial charge in [-0.15, -0.1) is 0 Å². The lowest BCUT2D eigenvalue weighted by Crippen LogP contribution is -2.40. The van der Waals surface area contributed by atoms with E-state index >= 15 is 4.39 Å². The molecular weight excluding hydrogens is 466 g/mol. The second-order valence-corrected chi connectivity index (χ2v) is 11.2. The summed E-state index contributed by atoms with van der Waals surface area (Å²) in [6.07, 6.45) is -1.40. The number of aromatic nitrogens is 2. The van der Waals surface area contributed by atoms with Gasteiger partial charge in [-0.2, -0.15) is 0 Å². The molecule has 2 aliphatic rings. The molecule has 1 saturated heterocycles. The monoisotopic (exact) mass is 492 g/mol. The van der Waals surface area contributed by atoms with Crippen molar-refractivity contribution in [1.82, 2.24) is 14.2 Å². The van der Waals surface area contributed by atoms with Crippen LogP contribution in [0, 0.1) is 0 Å². The third kappa shape index (κ3) is 5.04. The summed E-state index contributed by atoms with van der Waals surface area (Å²) in [4.78, 5) is 31.1. The van der Waals surface area contributed by atoms with Gasteiger partial charge in [0.15, 0.2) is 34.3 Å². The third-order valence-corrected chi connectivity index (χ3v) is 7.77. The third-order valence-electron chi connectivity index (χ3n) is 5.03. The number of alkyl halides is 1. The Hall–Kier alpha value is -1.47. The fourth-order valence-electron chi connectivity index (χ4n) is 3.29. The number of ether oxygens (including phenoxy) is 1. The minimum absolute atomic E-state index is 0.00948. The highest BCUT2D eigenvalue weighted by Crippen LogP contribution is 2.51. The van der Waals surface area contributed by atoms with Crippen LogP contribution in [0.2, 0.25) is 0 Å². The van der Waals surface area contributed by atoms with Crippen LogP contribution in [-0.2, 0) is 23.1 Å². The maximum atomic E-state index is 15.5. The van der Waals surface area contributed by atoms with E-state index in [4.69, 9.17) is 13.8 Å². The van der Waals surface area contributed by atoms with Gasteiger partial charge in [-0.3, -0.25) is 23.2 Å². The van der Waals surface area contributed by atoms with Gasteiger partial charge in [-0.25, -0.2) is 23.6 Å². The van der Waals surface area contributed by atoms with Crippen molar-refractivity contribution in [2.45, 2.75) is 44.4 Å². The van der Waals surface area contributed by atoms with Crippen molar-refractivity contribution >= 4 is 42.4 Å². The van der Waals surface area contributed by atoms with Crippen molar-refractivity contribution in [3.8, 4) is 0 Å². The van der Waals surface area contributed by atoms with Crippen molar-refractivity contribution in [1.29, 1.82) is 0 Å². The number of carbonyl (C=O) groups excluding carboxylic acids is 2. The molecule has 3 rings (SSSR count). The van der Waals surface area contributed by atoms with Gasteiger partial charge in [0.2, 0.25) is 0 Å². The van der Waals surface area contributed by atoms with Crippen LogP contribution in [0.3, 0.4) is 0 Å². The number of ketones is 1. The standard InChI is InChI=1S/C18H26FN4O7PS/c1-11(24)32-8-7-28-31(27,22(3)4)29-9-13-15(26)18(2,19)17(30-13)23-10-21-14-12(25)5-6-20-16(14)23/h6,10,13,15,17,26H,5,7-9H2,1-4H3/t13-,15?,17-,18+,31?/m1/s1. The molecule has 0 amide bonds. The molecule has 0 spiro atoms. The number of Topliss-reactive ketones (excluding diaryl/α,β-unsaturated/α-hetero) is 1. The Bertz CT molecular complexity index is 954. The molecule has 1 aromatic rings. The van der Waals surface area contributed by atoms with E-state index < -0.39 is 38.5 Å². The molecule has 1 fully saturated rings. The molecule has 0 radical (unpaired) electrons. The summed E-state index contributed by atoms with van der Waals surface area (Å²) >= 11 is 1.02. The first kappa shape index (κ1) is 25.2. The van der Waals surface area contributed by atoms with Crippen LogP contribution in [0.1, 0.15) is 37.0 Å². The summed E-state index contributed by atoms with van der Waals surface area (Å²) in [5.74, 6) is 0.184. The van der Waals surface area contributed by atoms with Gasteiger partial charge in [-0.05, 0) is 21.0 Å². The molecule has 3 heterocycles. The molecule has 2 aliphatic heterocycles. The average molecular weight is 492 g/mol. The van der Waals surface area contributed by atoms with E-state index in [0.717, 1.165) is 18.7 Å². The Balaban J connectivity index is 1.70. The number of hydrogen-bond donors (Lipinski definition) is 1. The average Bonchev–Trinajstić information content (AvgIpc) is 3.24. The Morgan fingerprint density at radius 1 is 1.50 bits per heavy atom. The Morgan fingerprint density at radius 3 is 2.88 bits per heavy atom. The summed E-state index contributed by atoms with van der Waals surface area (Å²) in [5, 5.41) is 10.4. The molecular formula is C18H26FN4O7PS. The summed E-state index contributed by atoms with van der Waals surface area (Å²) in [7, 11) is -0.799. The van der Waals surface area contributed by atoms with Crippen molar-refractivity contribution in [3.63, 3.8) is 0 Å². The van der Waals surface area contributed by atoms with E-state index in [9.17, 15) is 19.3 Å². The SMILES string of the molecule is CC(=O)SCCOP(=O)(OC[C@H]1O[C@@H](n2cnc3c2N=CCC3=O)[C@@](C)(F)C1O)N(C)C. The Labute approximate surface area is 188 Å². The number of nitrogens with zero attached hydrogens (tertiary/aromatic N) is 4. The molecule has 5 atom stereocenters. The minimum atomic E-state index is -3.77. The van der Waals surface area contributed by atoms with Crippen molar-refractivity contribution in [2.75, 3.05) is 33.1 Å². The molecule has 178 valence electrons. The fraction of sp³-hybridized carbons (Fsp3) is 0.667. The molecule has 0 bridgehead atoms. The first-order chi connectivity index (χ1) is 15.0. The highest BCUT2D eigenvalue weighted by molar-refractivity contribution is 8.13. The van der Waals surface area contributed by atoms with E-state index in [1.165, 1.54) is 42.8 Å². The molecule has 0 aliphatic carbocycles. The van der Waals surface area contributed by atoms with Gasteiger partial charge in [-0.1, -0.05) is 11.8 Å². The summed E-state index contributed by atoms with van der Waals surface area (Å²) in [6, 6.07) is 0. The maximum absolute atomic E-state index is 15.5. The van der Waals surface area contributed by atoms with Crippen molar-refractivity contribution in [2.24, 2.45) is 4.99 Å². The lowest BCUT2D eigenvalue weighted by Gasteiger charge is -2.26. The fourth-order valence-corrected chi connectivity index (χ4v) is 5.06. The van der Waals surface area contributed by atoms with Crippen LogP contribution < -0.4 is 0 Å². The molecule has 0 aromatic carbocycles. The zero-order valence-corrected chi connectivity index (χ0v) is 19.8. The Morgan fingerprint density at radius 2 is 2.22 bits per heavy atom. The van der Waals surface area contributed by atoms with Gasteiger partial charge >= 0.3 is 7.75 Å². The van der Waals surface area contributed by atoms with Crippen LogP contribution in [0.5, 0.6) is 0 Å². The molecule has 32 heavy (non-hydrogen) atoms. The van der Waals surface area contributed by atoms with E-state index in [1.807, 2.05) is 0 Å². The second kappa shape index (κ2) is 9.80. The maximum Gasteiger partial charge on any atom is 0.407 e. The van der Waals surface area contributed by atoms with Crippen LogP contribution in [0.15, 0.2) is 11.3 Å². The predicted octanol–water partition coefficient (Wildman–Crippen LogP) is 2.14. The highest BCUT2D eigenvalue weighted by atomic mass is 32.2. The van der Waals surface area contributed by atoms with Gasteiger partial charge < -0.3 is 9.84 Å². The number of aliphatic imine (C=N–C) groups is 1. The van der Waals surface area contributed by atoms with E-state index in [-0.39, 0.29) is 41.2 Å². The second-order valence-electron chi connectivity index (χ2n) is 7.67. The van der Waals surface area contributed by atoms with E-state index in [2.05, 4.69) is 9.98 Å². The molecule has 2 unspecified atom stereocenters. The molecule has 1 aromatic heterocycles. The number of aliphatic hydroxyl groups is 1. The Kier molecular flexibility index (Phi) is 7.70. The summed E-state index contributed by atoms with van der Waals surface area (Å²) < 4.78 is 47.5. The quantitative estimate of drug-likeness (QED) is 0.404. The number of rotatable bonds is 9. The number of hydrogen-bond acceptors (Lipinski definition) is 10. The van der Waals surface area contributed by atoms with E-state index in [0.29, 0.717) is 0 Å². The van der Waals surface area contributed by atoms with Gasteiger partial charge in [0.1, 0.15) is 12.2 Å². The number of halogens is 1. The van der Waals surface area contributed by atoms with Crippen LogP contribution >= 0.6 is 19.5 Å². The first-order valence-electron chi connectivity index (χ1n) is 9.82. The molecule has 11 nitrogen and oxygen atoms in total. The lowest BCUT2D eigenvalue weighted by molar-refractivity contribution is -0.109. The number of carbonyl (C=O) groups is 2. The van der Waals surface area contributed by atoms with Gasteiger partial charge in [0.25, 0.3) is 0 Å². The van der Waals surface area contributed by atoms with Gasteiger partial charge in [0.05, 0.1) is 19.5 Å². The normalized spacial score (nSPS) is 29.3. The number of thioether (sulfide) groups is 1. The van der Waals surface area contributed by atoms with Crippen LogP contribution in [-0.4, -0.2) is 87.4 Å². The zero-order chi connectivity index (χ0) is 23.7. The van der Waals surface area contributed by atoms with Crippen molar-refractivity contribution in [3.05, 3.63) is 12.0 Å². The molecule has 1 N–H and O–H groups in total. The molecule has 0 saturated carbocycles. The molecule has 14 heteroatoms. The largest absolute Gasteiger partial charge is 0.407 e. The minimum Gasteiger partial charge on any atom is -0.387 e. The first-order valence-corrected chi connectivity index (χ1v) is 12.3. The van der Waals surface area contributed by atoms with E-state index in [1.54, 1.807) is 0 Å². The lowest BCUT2D eigenvalue weighted by atomic mass is 9.98. The number of fused-ring (bicyclic) bond motifs is 1. The number of aliphatic hydroxyl groups excluding tert-OH is 1. The van der Waals surface area contributed by atoms with Gasteiger partial charge in [0, 0.05) is 25.3 Å². The van der Waals surface area contributed by atoms with Crippen molar-refractivity contribution < 1.29 is 37.4 Å². The smallest absolute Gasteiger partial charge is 0.387 e. The summed E-state index contributed by atoms with van der Waals surface area (Å²) in [6.45, 7) is 2.13. The van der Waals surface area contributed by atoms with Crippen LogP contribution in [0.4, 0.5) is 10.2 Å².